The molecule has 3 rings (SSSR count). The van der Waals surface area contributed by atoms with Crippen LogP contribution < -0.4 is 15.0 Å². The summed E-state index contributed by atoms with van der Waals surface area (Å²) in [5, 5.41) is 3.51. The molecule has 0 aliphatic carbocycles. The van der Waals surface area contributed by atoms with Gasteiger partial charge in [0.25, 0.3) is 0 Å². The minimum atomic E-state index is 0. The fourth-order valence-corrected chi connectivity index (χ4v) is 3.93. The van der Waals surface area contributed by atoms with Crippen LogP contribution in [0.25, 0.3) is 0 Å². The van der Waals surface area contributed by atoms with Gasteiger partial charge < -0.3 is 24.8 Å². The SMILES string of the molecule is CN=C(NCCN1CCN(C(C)=O)CC1)N1CCN(c2cccc(OC)c2)CC1.I. The van der Waals surface area contributed by atoms with Crippen LogP contribution in [0, 0.1) is 0 Å². The number of hydrogen-bond donors (Lipinski definition) is 1. The van der Waals surface area contributed by atoms with Gasteiger partial charge in [-0.25, -0.2) is 0 Å². The molecular formula is C21H35IN6O2. The van der Waals surface area contributed by atoms with Gasteiger partial charge >= 0.3 is 0 Å². The molecule has 8 nitrogen and oxygen atoms in total. The molecule has 0 saturated carbocycles. The molecule has 0 bridgehead atoms. The Kier molecular flexibility index (Phi) is 9.96. The Morgan fingerprint density at radius 3 is 2.33 bits per heavy atom. The number of piperazine rings is 2. The first-order valence-electron chi connectivity index (χ1n) is 10.4. The smallest absolute Gasteiger partial charge is 0.219 e. The van der Waals surface area contributed by atoms with Crippen molar-refractivity contribution in [1.82, 2.24) is 20.0 Å². The lowest BCUT2D eigenvalue weighted by Gasteiger charge is -2.38. The van der Waals surface area contributed by atoms with E-state index in [2.05, 4.69) is 37.1 Å². The normalized spacial score (nSPS) is 18.1. The molecule has 2 aliphatic rings. The molecule has 30 heavy (non-hydrogen) atoms. The zero-order valence-corrected chi connectivity index (χ0v) is 20.7. The molecule has 2 fully saturated rings. The summed E-state index contributed by atoms with van der Waals surface area (Å²) in [5.41, 5.74) is 1.21. The number of aliphatic imine (C=N–C) groups is 1. The summed E-state index contributed by atoms with van der Waals surface area (Å²) in [5.74, 6) is 2.04. The number of amides is 1. The number of carbonyl (C=O) groups is 1. The van der Waals surface area contributed by atoms with E-state index >= 15 is 0 Å². The quantitative estimate of drug-likeness (QED) is 0.351. The van der Waals surface area contributed by atoms with Gasteiger partial charge in [-0.1, -0.05) is 6.07 Å². The van der Waals surface area contributed by atoms with Crippen molar-refractivity contribution in [2.75, 3.05) is 84.5 Å². The standard InChI is InChI=1S/C21H34N6O2.HI/c1-18(28)25-11-9-24(10-12-25)8-7-23-21(22-2)27-15-13-26(14-16-27)19-5-4-6-20(17-19)29-3;/h4-6,17H,7-16H2,1-3H3,(H,22,23);1H. The average molecular weight is 530 g/mol. The fraction of sp³-hybridized carbons (Fsp3) is 0.619. The molecule has 0 atom stereocenters. The maximum absolute atomic E-state index is 11.4. The summed E-state index contributed by atoms with van der Waals surface area (Å²) in [7, 11) is 3.55. The van der Waals surface area contributed by atoms with Crippen molar-refractivity contribution in [2.45, 2.75) is 6.92 Å². The predicted molar refractivity (Wildman–Crippen MR) is 132 cm³/mol. The van der Waals surface area contributed by atoms with Crippen molar-refractivity contribution in [3.63, 3.8) is 0 Å². The first-order chi connectivity index (χ1) is 14.1. The van der Waals surface area contributed by atoms with Crippen LogP contribution in [0.15, 0.2) is 29.3 Å². The highest BCUT2D eigenvalue weighted by Gasteiger charge is 2.21. The molecule has 168 valence electrons. The number of halogens is 1. The zero-order chi connectivity index (χ0) is 20.6. The lowest BCUT2D eigenvalue weighted by atomic mass is 10.2. The molecular weight excluding hydrogens is 495 g/mol. The lowest BCUT2D eigenvalue weighted by Crippen LogP contribution is -2.54. The number of ether oxygens (including phenoxy) is 1. The Bertz CT molecular complexity index is 700. The van der Waals surface area contributed by atoms with Gasteiger partial charge in [0, 0.05) is 91.2 Å². The van der Waals surface area contributed by atoms with Crippen LogP contribution in [-0.4, -0.2) is 106 Å². The number of methoxy groups -OCH3 is 1. The van der Waals surface area contributed by atoms with E-state index < -0.39 is 0 Å². The molecule has 9 heteroatoms. The topological polar surface area (TPSA) is 63.7 Å². The molecule has 0 aromatic heterocycles. The minimum absolute atomic E-state index is 0. The van der Waals surface area contributed by atoms with Gasteiger partial charge in [0.2, 0.25) is 5.91 Å². The van der Waals surface area contributed by atoms with E-state index in [1.54, 1.807) is 14.0 Å². The number of nitrogens with one attached hydrogen (secondary N) is 1. The minimum Gasteiger partial charge on any atom is -0.497 e. The third kappa shape index (κ3) is 6.63. The third-order valence-electron chi connectivity index (χ3n) is 5.74. The van der Waals surface area contributed by atoms with Gasteiger partial charge in [-0.3, -0.25) is 14.7 Å². The monoisotopic (exact) mass is 530 g/mol. The van der Waals surface area contributed by atoms with E-state index in [9.17, 15) is 4.79 Å². The van der Waals surface area contributed by atoms with E-state index in [0.29, 0.717) is 0 Å². The highest BCUT2D eigenvalue weighted by Crippen LogP contribution is 2.22. The van der Waals surface area contributed by atoms with Crippen LogP contribution in [0.3, 0.4) is 0 Å². The summed E-state index contributed by atoms with van der Waals surface area (Å²) in [6.07, 6.45) is 0. The van der Waals surface area contributed by atoms with E-state index in [0.717, 1.165) is 77.2 Å². The highest BCUT2D eigenvalue weighted by atomic mass is 127. The fourth-order valence-electron chi connectivity index (χ4n) is 3.93. The van der Waals surface area contributed by atoms with Gasteiger partial charge in [-0.15, -0.1) is 24.0 Å². The van der Waals surface area contributed by atoms with Gasteiger partial charge in [0.05, 0.1) is 7.11 Å². The van der Waals surface area contributed by atoms with Crippen molar-refractivity contribution >= 4 is 41.5 Å². The summed E-state index contributed by atoms with van der Waals surface area (Å²) in [4.78, 5) is 24.9. The number of anilines is 1. The predicted octanol–water partition coefficient (Wildman–Crippen LogP) is 1.17. The number of carbonyl (C=O) groups excluding carboxylic acids is 1. The van der Waals surface area contributed by atoms with Crippen LogP contribution in [0.2, 0.25) is 0 Å². The second-order valence-electron chi connectivity index (χ2n) is 7.50. The first-order valence-corrected chi connectivity index (χ1v) is 10.4. The van der Waals surface area contributed by atoms with Crippen molar-refractivity contribution in [1.29, 1.82) is 0 Å². The Labute approximate surface area is 197 Å². The Balaban J connectivity index is 0.00000320. The van der Waals surface area contributed by atoms with E-state index in [-0.39, 0.29) is 29.9 Å². The molecule has 1 amide bonds. The van der Waals surface area contributed by atoms with Gasteiger partial charge in [-0.05, 0) is 12.1 Å². The van der Waals surface area contributed by atoms with Crippen LogP contribution >= 0.6 is 24.0 Å². The second kappa shape index (κ2) is 12.2. The lowest BCUT2D eigenvalue weighted by molar-refractivity contribution is -0.130. The van der Waals surface area contributed by atoms with E-state index in [4.69, 9.17) is 4.74 Å². The molecule has 1 aromatic carbocycles. The first kappa shape index (κ1) is 24.5. The molecule has 2 heterocycles. The van der Waals surface area contributed by atoms with Gasteiger partial charge in [-0.2, -0.15) is 0 Å². The van der Waals surface area contributed by atoms with Gasteiger partial charge in [0.15, 0.2) is 5.96 Å². The second-order valence-corrected chi connectivity index (χ2v) is 7.50. The summed E-state index contributed by atoms with van der Waals surface area (Å²) < 4.78 is 5.34. The maximum Gasteiger partial charge on any atom is 0.219 e. The Morgan fingerprint density at radius 2 is 1.73 bits per heavy atom. The number of hydrogen-bond acceptors (Lipinski definition) is 5. The van der Waals surface area contributed by atoms with Gasteiger partial charge in [0.1, 0.15) is 5.75 Å². The Hall–Kier alpha value is -1.75. The number of nitrogens with zero attached hydrogens (tertiary/aromatic N) is 5. The summed E-state index contributed by atoms with van der Waals surface area (Å²) >= 11 is 0. The number of rotatable bonds is 5. The number of benzene rings is 1. The van der Waals surface area contributed by atoms with Crippen LogP contribution in [0.5, 0.6) is 5.75 Å². The van der Waals surface area contributed by atoms with E-state index in [1.807, 2.05) is 24.1 Å². The van der Waals surface area contributed by atoms with Crippen LogP contribution in [-0.2, 0) is 4.79 Å². The maximum atomic E-state index is 11.4. The summed E-state index contributed by atoms with van der Waals surface area (Å²) in [6.45, 7) is 10.8. The van der Waals surface area contributed by atoms with Crippen molar-refractivity contribution < 1.29 is 9.53 Å². The third-order valence-corrected chi connectivity index (χ3v) is 5.74. The molecule has 0 unspecified atom stereocenters. The van der Waals surface area contributed by atoms with Crippen molar-refractivity contribution in [3.8, 4) is 5.75 Å². The average Bonchev–Trinajstić information content (AvgIpc) is 2.77. The molecule has 2 aliphatic heterocycles. The zero-order valence-electron chi connectivity index (χ0n) is 18.3. The Morgan fingerprint density at radius 1 is 1.07 bits per heavy atom. The summed E-state index contributed by atoms with van der Waals surface area (Å²) in [6, 6.07) is 8.24. The van der Waals surface area contributed by atoms with Crippen molar-refractivity contribution in [2.24, 2.45) is 4.99 Å². The van der Waals surface area contributed by atoms with Crippen molar-refractivity contribution in [3.05, 3.63) is 24.3 Å². The van der Waals surface area contributed by atoms with E-state index in [1.165, 1.54) is 5.69 Å². The molecule has 1 aromatic rings. The van der Waals surface area contributed by atoms with Crippen LogP contribution in [0.4, 0.5) is 5.69 Å². The molecule has 1 N–H and O–H groups in total. The molecule has 0 radical (unpaired) electrons. The number of guanidine groups is 1. The highest BCUT2D eigenvalue weighted by molar-refractivity contribution is 14.0. The molecule has 2 saturated heterocycles. The van der Waals surface area contributed by atoms with Crippen LogP contribution in [0.1, 0.15) is 6.92 Å². The largest absolute Gasteiger partial charge is 0.497 e. The molecule has 0 spiro atoms.